The molecule has 0 spiro atoms. The van der Waals surface area contributed by atoms with E-state index in [0.717, 1.165) is 42.0 Å². The minimum atomic E-state index is 0.801. The Kier molecular flexibility index (Phi) is 4.94. The van der Waals surface area contributed by atoms with Crippen molar-refractivity contribution in [3.05, 3.63) is 90.3 Å². The molecule has 0 unspecified atom stereocenters. The molecule has 0 fully saturated rings. The van der Waals surface area contributed by atoms with Crippen molar-refractivity contribution in [2.75, 3.05) is 6.54 Å². The van der Waals surface area contributed by atoms with Crippen LogP contribution >= 0.6 is 0 Å². The number of imidazole rings is 1. The highest BCUT2D eigenvalue weighted by molar-refractivity contribution is 5.76. The van der Waals surface area contributed by atoms with E-state index in [9.17, 15) is 0 Å². The van der Waals surface area contributed by atoms with Gasteiger partial charge in [-0.25, -0.2) is 4.98 Å². The molecule has 26 heavy (non-hydrogen) atoms. The summed E-state index contributed by atoms with van der Waals surface area (Å²) in [6.45, 7) is 1.82. The Morgan fingerprint density at radius 2 is 1.65 bits per heavy atom. The van der Waals surface area contributed by atoms with Crippen molar-refractivity contribution in [3.8, 4) is 11.5 Å². The molecule has 1 heterocycles. The summed E-state index contributed by atoms with van der Waals surface area (Å²) in [4.78, 5) is 7.31. The maximum absolute atomic E-state index is 5.93. The van der Waals surface area contributed by atoms with Crippen LogP contribution in [0.4, 0.5) is 0 Å². The Bertz CT molecular complexity index is 962. The highest BCUT2D eigenvalue weighted by Gasteiger charge is 2.02. The van der Waals surface area contributed by atoms with E-state index in [1.165, 1.54) is 11.1 Å². The lowest BCUT2D eigenvalue weighted by molar-refractivity contribution is 0.483. The summed E-state index contributed by atoms with van der Waals surface area (Å²) in [6.07, 6.45) is 2.73. The van der Waals surface area contributed by atoms with Gasteiger partial charge in [-0.2, -0.15) is 0 Å². The van der Waals surface area contributed by atoms with Crippen LogP contribution in [-0.4, -0.2) is 16.5 Å². The van der Waals surface area contributed by atoms with Gasteiger partial charge in [0, 0.05) is 12.6 Å². The smallest absolute Gasteiger partial charge is 0.129 e. The summed E-state index contributed by atoms with van der Waals surface area (Å²) in [5.41, 5.74) is 4.52. The molecule has 4 rings (SSSR count). The second-order valence-corrected chi connectivity index (χ2v) is 6.24. The van der Waals surface area contributed by atoms with E-state index in [2.05, 4.69) is 51.7 Å². The Balaban J connectivity index is 1.29. The van der Waals surface area contributed by atoms with Crippen molar-refractivity contribution >= 4 is 11.0 Å². The molecule has 0 aliphatic carbocycles. The zero-order valence-corrected chi connectivity index (χ0v) is 14.5. The fourth-order valence-corrected chi connectivity index (χ4v) is 2.90. The Morgan fingerprint density at radius 3 is 2.50 bits per heavy atom. The van der Waals surface area contributed by atoms with Crippen molar-refractivity contribution in [2.24, 2.45) is 0 Å². The van der Waals surface area contributed by atoms with Crippen LogP contribution in [0, 0.1) is 0 Å². The average molecular weight is 343 g/mol. The number of ether oxygens (including phenoxy) is 1. The molecule has 0 saturated heterocycles. The van der Waals surface area contributed by atoms with Crippen LogP contribution in [0.3, 0.4) is 0 Å². The SMILES string of the molecule is c1ccc(CCNCc2ccc(Oc3ccc4nc[nH]c4c3)cc2)cc1. The van der Waals surface area contributed by atoms with Crippen molar-refractivity contribution in [1.82, 2.24) is 15.3 Å². The molecule has 4 aromatic rings. The van der Waals surface area contributed by atoms with Gasteiger partial charge in [0.25, 0.3) is 0 Å². The van der Waals surface area contributed by atoms with Gasteiger partial charge < -0.3 is 15.0 Å². The number of fused-ring (bicyclic) bond motifs is 1. The molecule has 0 amide bonds. The monoisotopic (exact) mass is 343 g/mol. The second-order valence-electron chi connectivity index (χ2n) is 6.24. The Labute approximate surface area is 152 Å². The van der Waals surface area contributed by atoms with Crippen molar-refractivity contribution in [1.29, 1.82) is 0 Å². The van der Waals surface area contributed by atoms with E-state index in [1.807, 2.05) is 36.4 Å². The molecule has 0 aliphatic rings. The fraction of sp³-hybridized carbons (Fsp3) is 0.136. The van der Waals surface area contributed by atoms with Gasteiger partial charge in [-0.3, -0.25) is 0 Å². The van der Waals surface area contributed by atoms with Gasteiger partial charge in [-0.15, -0.1) is 0 Å². The van der Waals surface area contributed by atoms with Crippen LogP contribution in [0.25, 0.3) is 11.0 Å². The maximum Gasteiger partial charge on any atom is 0.129 e. The highest BCUT2D eigenvalue weighted by Crippen LogP contribution is 2.24. The number of H-pyrrole nitrogens is 1. The summed E-state index contributed by atoms with van der Waals surface area (Å²) in [5, 5.41) is 3.48. The van der Waals surface area contributed by atoms with Crippen LogP contribution in [0.5, 0.6) is 11.5 Å². The van der Waals surface area contributed by atoms with Crippen LogP contribution in [-0.2, 0) is 13.0 Å². The molecule has 4 heteroatoms. The lowest BCUT2D eigenvalue weighted by Gasteiger charge is -2.08. The van der Waals surface area contributed by atoms with E-state index in [1.54, 1.807) is 6.33 Å². The topological polar surface area (TPSA) is 49.9 Å². The minimum absolute atomic E-state index is 0.801. The molecule has 3 aromatic carbocycles. The third-order valence-electron chi connectivity index (χ3n) is 4.31. The number of aromatic amines is 1. The molecule has 2 N–H and O–H groups in total. The number of nitrogens with zero attached hydrogens (tertiary/aromatic N) is 1. The maximum atomic E-state index is 5.93. The zero-order valence-electron chi connectivity index (χ0n) is 14.5. The third kappa shape index (κ3) is 4.10. The molecule has 0 aliphatic heterocycles. The largest absolute Gasteiger partial charge is 0.457 e. The summed E-state index contributed by atoms with van der Waals surface area (Å²) in [6, 6.07) is 24.6. The first kappa shape index (κ1) is 16.4. The first-order chi connectivity index (χ1) is 12.9. The molecule has 4 nitrogen and oxygen atoms in total. The first-order valence-electron chi connectivity index (χ1n) is 8.81. The predicted molar refractivity (Wildman–Crippen MR) is 104 cm³/mol. The highest BCUT2D eigenvalue weighted by atomic mass is 16.5. The average Bonchev–Trinajstić information content (AvgIpc) is 3.15. The molecular weight excluding hydrogens is 322 g/mol. The first-order valence-corrected chi connectivity index (χ1v) is 8.81. The van der Waals surface area contributed by atoms with Gasteiger partial charge in [0.1, 0.15) is 11.5 Å². The molecule has 130 valence electrons. The Hall–Kier alpha value is -3.11. The van der Waals surface area contributed by atoms with Crippen molar-refractivity contribution < 1.29 is 4.74 Å². The zero-order chi connectivity index (χ0) is 17.6. The third-order valence-corrected chi connectivity index (χ3v) is 4.31. The predicted octanol–water partition coefficient (Wildman–Crippen LogP) is 4.69. The van der Waals surface area contributed by atoms with Crippen molar-refractivity contribution in [2.45, 2.75) is 13.0 Å². The van der Waals surface area contributed by atoms with Crippen LogP contribution < -0.4 is 10.1 Å². The minimum Gasteiger partial charge on any atom is -0.457 e. The summed E-state index contributed by atoms with van der Waals surface area (Å²) < 4.78 is 5.93. The normalized spacial score (nSPS) is 10.9. The van der Waals surface area contributed by atoms with Gasteiger partial charge in [-0.1, -0.05) is 42.5 Å². The lowest BCUT2D eigenvalue weighted by atomic mass is 10.1. The van der Waals surface area contributed by atoms with E-state index in [0.29, 0.717) is 0 Å². The van der Waals surface area contributed by atoms with Crippen LogP contribution in [0.1, 0.15) is 11.1 Å². The van der Waals surface area contributed by atoms with Gasteiger partial charge in [-0.05, 0) is 48.4 Å². The summed E-state index contributed by atoms with van der Waals surface area (Å²) in [5.74, 6) is 1.63. The van der Waals surface area contributed by atoms with E-state index < -0.39 is 0 Å². The van der Waals surface area contributed by atoms with Gasteiger partial charge >= 0.3 is 0 Å². The van der Waals surface area contributed by atoms with Crippen LogP contribution in [0.2, 0.25) is 0 Å². The fourth-order valence-electron chi connectivity index (χ4n) is 2.90. The van der Waals surface area contributed by atoms with Crippen LogP contribution in [0.15, 0.2) is 79.1 Å². The molecule has 1 aromatic heterocycles. The van der Waals surface area contributed by atoms with Gasteiger partial charge in [0.2, 0.25) is 0 Å². The molecule has 0 atom stereocenters. The van der Waals surface area contributed by atoms with E-state index in [4.69, 9.17) is 4.74 Å². The number of benzene rings is 3. The summed E-state index contributed by atoms with van der Waals surface area (Å²) >= 11 is 0. The number of rotatable bonds is 7. The number of aromatic nitrogens is 2. The van der Waals surface area contributed by atoms with Gasteiger partial charge in [0.05, 0.1) is 17.4 Å². The number of nitrogens with one attached hydrogen (secondary N) is 2. The van der Waals surface area contributed by atoms with Gasteiger partial charge in [0.15, 0.2) is 0 Å². The molecule has 0 bridgehead atoms. The molecule has 0 radical (unpaired) electrons. The molecule has 0 saturated carbocycles. The standard InChI is InChI=1S/C22H21N3O/c1-2-4-17(5-3-1)12-13-23-15-18-6-8-19(9-7-18)26-20-10-11-21-22(14-20)25-16-24-21/h1-11,14,16,23H,12-13,15H2,(H,24,25). The summed E-state index contributed by atoms with van der Waals surface area (Å²) in [7, 11) is 0. The van der Waals surface area contributed by atoms with E-state index in [-0.39, 0.29) is 0 Å². The van der Waals surface area contributed by atoms with Crippen molar-refractivity contribution in [3.63, 3.8) is 0 Å². The number of hydrogen-bond donors (Lipinski definition) is 2. The lowest BCUT2D eigenvalue weighted by Crippen LogP contribution is -2.16. The molecular formula is C22H21N3O. The second kappa shape index (κ2) is 7.85. The van der Waals surface area contributed by atoms with E-state index >= 15 is 0 Å². The Morgan fingerprint density at radius 1 is 0.846 bits per heavy atom. The quantitative estimate of drug-likeness (QED) is 0.479. The number of hydrogen-bond acceptors (Lipinski definition) is 3.